The maximum atomic E-state index is 8.79. The molecule has 0 aliphatic rings. The van der Waals surface area contributed by atoms with Gasteiger partial charge >= 0.3 is 0 Å². The molecule has 3 nitrogen and oxygen atoms in total. The van der Waals surface area contributed by atoms with E-state index in [9.17, 15) is 0 Å². The summed E-state index contributed by atoms with van der Waals surface area (Å²) in [4.78, 5) is 0. The molecule has 0 saturated carbocycles. The first-order valence-corrected chi connectivity index (χ1v) is 6.37. The first kappa shape index (κ1) is 14.5. The molecule has 0 aliphatic heterocycles. The highest BCUT2D eigenvalue weighted by Crippen LogP contribution is 2.18. The minimum Gasteiger partial charge on any atom is -0.396 e. The van der Waals surface area contributed by atoms with E-state index in [2.05, 4.69) is 12.2 Å². The Hall–Kier alpha value is -0.610. The van der Waals surface area contributed by atoms with Crippen LogP contribution in [0.4, 0.5) is 0 Å². The second kappa shape index (κ2) is 7.67. The van der Waals surface area contributed by atoms with Crippen molar-refractivity contribution >= 4 is 11.6 Å². The smallest absolute Gasteiger partial charge is 0.0447 e. The average Bonchev–Trinajstić information content (AvgIpc) is 2.33. The van der Waals surface area contributed by atoms with Gasteiger partial charge in [-0.05, 0) is 37.5 Å². The van der Waals surface area contributed by atoms with E-state index in [0.717, 1.165) is 23.4 Å². The molecular weight excluding hydrogens is 236 g/mol. The van der Waals surface area contributed by atoms with Crippen LogP contribution in [0.3, 0.4) is 0 Å². The highest BCUT2D eigenvalue weighted by atomic mass is 35.5. The number of nitrogens with one attached hydrogen (secondary N) is 1. The summed E-state index contributed by atoms with van der Waals surface area (Å²) in [6.45, 7) is 2.86. The highest BCUT2D eigenvalue weighted by Gasteiger charge is 2.12. The Balaban J connectivity index is 2.59. The minimum absolute atomic E-state index is 0.113. The molecule has 2 atom stereocenters. The molecule has 17 heavy (non-hydrogen) atoms. The SMILES string of the molecule is CC(CCCO)NC(CN)c1cccc(Cl)c1. The summed E-state index contributed by atoms with van der Waals surface area (Å²) in [5.74, 6) is 0. The van der Waals surface area contributed by atoms with E-state index < -0.39 is 0 Å². The fraction of sp³-hybridized carbons (Fsp3) is 0.538. The van der Waals surface area contributed by atoms with Crippen molar-refractivity contribution in [3.8, 4) is 0 Å². The van der Waals surface area contributed by atoms with Crippen molar-refractivity contribution in [3.05, 3.63) is 34.9 Å². The van der Waals surface area contributed by atoms with Crippen molar-refractivity contribution in [1.29, 1.82) is 0 Å². The number of rotatable bonds is 7. The molecule has 96 valence electrons. The van der Waals surface area contributed by atoms with Crippen molar-refractivity contribution in [2.45, 2.75) is 31.8 Å². The lowest BCUT2D eigenvalue weighted by Crippen LogP contribution is -2.35. The molecule has 0 aromatic heterocycles. The number of halogens is 1. The second-order valence-electron chi connectivity index (χ2n) is 4.28. The third-order valence-electron chi connectivity index (χ3n) is 2.77. The number of hydrogen-bond acceptors (Lipinski definition) is 3. The van der Waals surface area contributed by atoms with Gasteiger partial charge in [-0.2, -0.15) is 0 Å². The van der Waals surface area contributed by atoms with Gasteiger partial charge in [0.15, 0.2) is 0 Å². The van der Waals surface area contributed by atoms with Gasteiger partial charge in [0.1, 0.15) is 0 Å². The monoisotopic (exact) mass is 256 g/mol. The van der Waals surface area contributed by atoms with E-state index in [1.54, 1.807) is 0 Å². The van der Waals surface area contributed by atoms with E-state index in [0.29, 0.717) is 12.6 Å². The highest BCUT2D eigenvalue weighted by molar-refractivity contribution is 6.30. The Morgan fingerprint density at radius 3 is 2.82 bits per heavy atom. The van der Waals surface area contributed by atoms with Crippen molar-refractivity contribution < 1.29 is 5.11 Å². The fourth-order valence-corrected chi connectivity index (χ4v) is 2.05. The van der Waals surface area contributed by atoms with Gasteiger partial charge in [0.2, 0.25) is 0 Å². The van der Waals surface area contributed by atoms with Crippen LogP contribution in [0.25, 0.3) is 0 Å². The van der Waals surface area contributed by atoms with Gasteiger partial charge in [0.05, 0.1) is 0 Å². The van der Waals surface area contributed by atoms with E-state index in [1.165, 1.54) is 0 Å². The maximum absolute atomic E-state index is 8.79. The topological polar surface area (TPSA) is 58.3 Å². The molecule has 2 unspecified atom stereocenters. The van der Waals surface area contributed by atoms with Gasteiger partial charge in [-0.25, -0.2) is 0 Å². The third-order valence-corrected chi connectivity index (χ3v) is 3.00. The Kier molecular flexibility index (Phi) is 6.52. The molecule has 4 heteroatoms. The quantitative estimate of drug-likeness (QED) is 0.700. The van der Waals surface area contributed by atoms with Crippen LogP contribution in [0.1, 0.15) is 31.4 Å². The van der Waals surface area contributed by atoms with E-state index in [-0.39, 0.29) is 12.6 Å². The van der Waals surface area contributed by atoms with Crippen molar-refractivity contribution in [2.24, 2.45) is 5.73 Å². The molecular formula is C13H21ClN2O. The summed E-state index contributed by atoms with van der Waals surface area (Å²) in [5.41, 5.74) is 6.88. The Morgan fingerprint density at radius 1 is 1.47 bits per heavy atom. The van der Waals surface area contributed by atoms with Crippen LogP contribution in [0.2, 0.25) is 5.02 Å². The van der Waals surface area contributed by atoms with E-state index >= 15 is 0 Å². The lowest BCUT2D eigenvalue weighted by Gasteiger charge is -2.22. The maximum Gasteiger partial charge on any atom is 0.0447 e. The molecule has 0 bridgehead atoms. The normalized spacial score (nSPS) is 14.6. The first-order valence-electron chi connectivity index (χ1n) is 5.99. The summed E-state index contributed by atoms with van der Waals surface area (Å²) in [5, 5.41) is 13.0. The van der Waals surface area contributed by atoms with E-state index in [1.807, 2.05) is 24.3 Å². The van der Waals surface area contributed by atoms with Crippen molar-refractivity contribution in [2.75, 3.05) is 13.2 Å². The fourth-order valence-electron chi connectivity index (χ4n) is 1.85. The number of benzene rings is 1. The molecule has 4 N–H and O–H groups in total. The number of hydrogen-bond donors (Lipinski definition) is 3. The Labute approximate surface area is 108 Å². The summed E-state index contributed by atoms with van der Waals surface area (Å²) in [6, 6.07) is 8.19. The van der Waals surface area contributed by atoms with Crippen LogP contribution in [0.5, 0.6) is 0 Å². The van der Waals surface area contributed by atoms with Crippen LogP contribution in [-0.2, 0) is 0 Å². The molecule has 0 amide bonds. The second-order valence-corrected chi connectivity index (χ2v) is 4.71. The van der Waals surface area contributed by atoms with Crippen molar-refractivity contribution in [3.63, 3.8) is 0 Å². The van der Waals surface area contributed by atoms with Crippen LogP contribution >= 0.6 is 11.6 Å². The van der Waals surface area contributed by atoms with Gasteiger partial charge in [-0.1, -0.05) is 23.7 Å². The molecule has 0 radical (unpaired) electrons. The zero-order chi connectivity index (χ0) is 12.7. The lowest BCUT2D eigenvalue weighted by molar-refractivity contribution is 0.274. The molecule has 1 rings (SSSR count). The average molecular weight is 257 g/mol. The summed E-state index contributed by atoms with van der Waals surface area (Å²) in [6.07, 6.45) is 1.74. The number of nitrogens with two attached hydrogens (primary N) is 1. The molecule has 0 aliphatic carbocycles. The van der Waals surface area contributed by atoms with Crippen LogP contribution < -0.4 is 11.1 Å². The first-order chi connectivity index (χ1) is 8.17. The van der Waals surface area contributed by atoms with Gasteiger partial charge < -0.3 is 16.2 Å². The molecule has 1 aromatic carbocycles. The summed E-state index contributed by atoms with van der Waals surface area (Å²) in [7, 11) is 0. The predicted octanol–water partition coefficient (Wildman–Crippen LogP) is 2.09. The largest absolute Gasteiger partial charge is 0.396 e. The lowest BCUT2D eigenvalue weighted by atomic mass is 10.0. The predicted molar refractivity (Wildman–Crippen MR) is 72.2 cm³/mol. The van der Waals surface area contributed by atoms with Gasteiger partial charge in [-0.15, -0.1) is 0 Å². The summed E-state index contributed by atoms with van der Waals surface area (Å²) >= 11 is 5.96. The number of aliphatic hydroxyl groups is 1. The van der Waals surface area contributed by atoms with Gasteiger partial charge in [0, 0.05) is 30.3 Å². The Bertz CT molecular complexity index is 333. The zero-order valence-corrected chi connectivity index (χ0v) is 11.0. The molecule has 1 aromatic rings. The van der Waals surface area contributed by atoms with Gasteiger partial charge in [0.25, 0.3) is 0 Å². The number of aliphatic hydroxyl groups excluding tert-OH is 1. The van der Waals surface area contributed by atoms with Crippen molar-refractivity contribution in [1.82, 2.24) is 5.32 Å². The standard InChI is InChI=1S/C13H21ClN2O/c1-10(4-3-7-17)16-13(9-15)11-5-2-6-12(14)8-11/h2,5-6,8,10,13,16-17H,3-4,7,9,15H2,1H3. The van der Waals surface area contributed by atoms with Crippen LogP contribution in [-0.4, -0.2) is 24.3 Å². The van der Waals surface area contributed by atoms with Crippen LogP contribution in [0.15, 0.2) is 24.3 Å². The molecule has 0 spiro atoms. The van der Waals surface area contributed by atoms with Gasteiger partial charge in [-0.3, -0.25) is 0 Å². The summed E-state index contributed by atoms with van der Waals surface area (Å²) < 4.78 is 0. The van der Waals surface area contributed by atoms with E-state index in [4.69, 9.17) is 22.4 Å². The zero-order valence-electron chi connectivity index (χ0n) is 10.2. The third kappa shape index (κ3) is 5.04. The Morgan fingerprint density at radius 2 is 2.24 bits per heavy atom. The molecule has 0 saturated heterocycles. The van der Waals surface area contributed by atoms with Crippen LogP contribution in [0, 0.1) is 0 Å². The minimum atomic E-state index is 0.113. The molecule has 0 heterocycles. The molecule has 0 fully saturated rings.